The van der Waals surface area contributed by atoms with Gasteiger partial charge < -0.3 is 15.5 Å². The number of hydrogen-bond acceptors (Lipinski definition) is 6. The Morgan fingerprint density at radius 2 is 1.33 bits per heavy atom. The molecule has 7 heteroatoms. The van der Waals surface area contributed by atoms with Gasteiger partial charge in [-0.3, -0.25) is 4.18 Å². The maximum absolute atomic E-state index is 12.1. The highest BCUT2D eigenvalue weighted by Crippen LogP contribution is 2.17. The Hall–Kier alpha value is -0.990. The van der Waals surface area contributed by atoms with Crippen LogP contribution >= 0.6 is 0 Å². The summed E-state index contributed by atoms with van der Waals surface area (Å²) in [6, 6.07) is 6.94. The molecule has 176 valence electrons. The SMILES string of the molecule is CCCCCCCCCCCCOS(=O)(=O)c1ccccc1C.OCCNCCO. The van der Waals surface area contributed by atoms with E-state index in [9.17, 15) is 8.42 Å². The molecule has 1 aromatic carbocycles. The molecule has 6 nitrogen and oxygen atoms in total. The van der Waals surface area contributed by atoms with Crippen molar-refractivity contribution in [2.75, 3.05) is 32.9 Å². The van der Waals surface area contributed by atoms with Gasteiger partial charge in [0.05, 0.1) is 24.7 Å². The molecule has 0 spiro atoms. The molecule has 0 atom stereocenters. The van der Waals surface area contributed by atoms with Crippen LogP contribution in [-0.2, 0) is 14.3 Å². The molecule has 0 unspecified atom stereocenters. The van der Waals surface area contributed by atoms with Crippen molar-refractivity contribution in [1.82, 2.24) is 5.32 Å². The summed E-state index contributed by atoms with van der Waals surface area (Å²) in [7, 11) is -3.60. The number of aryl methyl sites for hydroxylation is 1. The molecule has 3 N–H and O–H groups in total. The number of benzene rings is 1. The molecule has 0 saturated heterocycles. The van der Waals surface area contributed by atoms with Crippen molar-refractivity contribution in [3.05, 3.63) is 29.8 Å². The van der Waals surface area contributed by atoms with Gasteiger partial charge in [-0.1, -0.05) is 82.9 Å². The summed E-state index contributed by atoms with van der Waals surface area (Å²) < 4.78 is 29.3. The predicted molar refractivity (Wildman–Crippen MR) is 123 cm³/mol. The van der Waals surface area contributed by atoms with Gasteiger partial charge in [-0.15, -0.1) is 0 Å². The fourth-order valence-electron chi connectivity index (χ4n) is 2.94. The van der Waals surface area contributed by atoms with Crippen LogP contribution in [0, 0.1) is 6.92 Å². The fraction of sp³-hybridized carbons (Fsp3) is 0.739. The van der Waals surface area contributed by atoms with Gasteiger partial charge in [-0.05, 0) is 25.0 Å². The molecule has 0 saturated carbocycles. The Bertz CT molecular complexity index is 603. The van der Waals surface area contributed by atoms with Crippen LogP contribution in [0.3, 0.4) is 0 Å². The molecule has 1 aromatic rings. The Kier molecular flexibility index (Phi) is 19.3. The highest BCUT2D eigenvalue weighted by molar-refractivity contribution is 7.86. The van der Waals surface area contributed by atoms with E-state index in [-0.39, 0.29) is 24.7 Å². The molecular weight excluding hydrogens is 402 g/mol. The largest absolute Gasteiger partial charge is 0.395 e. The lowest BCUT2D eigenvalue weighted by molar-refractivity contribution is 0.266. The van der Waals surface area contributed by atoms with Gasteiger partial charge in [-0.2, -0.15) is 8.42 Å². The zero-order chi connectivity index (χ0) is 22.5. The smallest absolute Gasteiger partial charge is 0.297 e. The highest BCUT2D eigenvalue weighted by atomic mass is 32.2. The summed E-state index contributed by atoms with van der Waals surface area (Å²) in [6.45, 7) is 5.73. The third-order valence-electron chi connectivity index (χ3n) is 4.68. The van der Waals surface area contributed by atoms with Gasteiger partial charge in [0.15, 0.2) is 0 Å². The van der Waals surface area contributed by atoms with E-state index in [4.69, 9.17) is 14.4 Å². The summed E-state index contributed by atoms with van der Waals surface area (Å²) >= 11 is 0. The molecule has 0 heterocycles. The first kappa shape index (κ1) is 29.0. The molecule has 0 aliphatic carbocycles. The Morgan fingerprint density at radius 1 is 0.833 bits per heavy atom. The zero-order valence-corrected chi connectivity index (χ0v) is 19.8. The molecule has 30 heavy (non-hydrogen) atoms. The second kappa shape index (κ2) is 19.9. The molecule has 0 radical (unpaired) electrons. The van der Waals surface area contributed by atoms with Crippen molar-refractivity contribution in [1.29, 1.82) is 0 Å². The topological polar surface area (TPSA) is 95.9 Å². The molecule has 0 aliphatic rings. The van der Waals surface area contributed by atoms with Gasteiger partial charge in [0, 0.05) is 13.1 Å². The predicted octanol–water partition coefficient (Wildman–Crippen LogP) is 4.18. The third kappa shape index (κ3) is 15.8. The molecular formula is C23H43NO5S. The summed E-state index contributed by atoms with van der Waals surface area (Å²) in [5, 5.41) is 19.1. The number of hydrogen-bond donors (Lipinski definition) is 3. The lowest BCUT2D eigenvalue weighted by Crippen LogP contribution is -2.21. The van der Waals surface area contributed by atoms with Crippen molar-refractivity contribution in [2.45, 2.75) is 83.0 Å². The van der Waals surface area contributed by atoms with Crippen LogP contribution in [0.4, 0.5) is 0 Å². The summed E-state index contributed by atoms with van der Waals surface area (Å²) in [5.41, 5.74) is 0.732. The number of unbranched alkanes of at least 4 members (excludes halogenated alkanes) is 9. The lowest BCUT2D eigenvalue weighted by Gasteiger charge is -2.08. The average molecular weight is 446 g/mol. The third-order valence-corrected chi connectivity index (χ3v) is 6.15. The maximum Gasteiger partial charge on any atom is 0.297 e. The molecule has 0 fully saturated rings. The van der Waals surface area contributed by atoms with E-state index in [1.165, 1.54) is 51.4 Å². The van der Waals surface area contributed by atoms with Gasteiger partial charge in [0.25, 0.3) is 10.1 Å². The molecule has 1 rings (SSSR count). The minimum Gasteiger partial charge on any atom is -0.395 e. The van der Waals surface area contributed by atoms with Gasteiger partial charge >= 0.3 is 0 Å². The number of rotatable bonds is 17. The van der Waals surface area contributed by atoms with E-state index in [2.05, 4.69) is 12.2 Å². The molecule has 0 amide bonds. The Balaban J connectivity index is 0.00000103. The minimum absolute atomic E-state index is 0.139. The van der Waals surface area contributed by atoms with E-state index in [0.29, 0.717) is 13.1 Å². The van der Waals surface area contributed by atoms with Gasteiger partial charge in [0.1, 0.15) is 0 Å². The van der Waals surface area contributed by atoms with Gasteiger partial charge in [0.2, 0.25) is 0 Å². The molecule has 0 bridgehead atoms. The number of aliphatic hydroxyl groups excluding tert-OH is 2. The van der Waals surface area contributed by atoms with E-state index >= 15 is 0 Å². The van der Waals surface area contributed by atoms with Crippen LogP contribution in [0.15, 0.2) is 29.2 Å². The molecule has 0 aliphatic heterocycles. The van der Waals surface area contributed by atoms with Crippen LogP contribution in [0.1, 0.15) is 76.7 Å². The first-order chi connectivity index (χ1) is 14.5. The van der Waals surface area contributed by atoms with E-state index in [1.54, 1.807) is 25.1 Å². The van der Waals surface area contributed by atoms with E-state index in [1.807, 2.05) is 6.07 Å². The Morgan fingerprint density at radius 3 is 1.83 bits per heavy atom. The average Bonchev–Trinajstić information content (AvgIpc) is 2.73. The zero-order valence-electron chi connectivity index (χ0n) is 18.9. The summed E-state index contributed by atoms with van der Waals surface area (Å²) in [5.74, 6) is 0. The quantitative estimate of drug-likeness (QED) is 0.246. The van der Waals surface area contributed by atoms with E-state index in [0.717, 1.165) is 18.4 Å². The standard InChI is InChI=1S/C19H32O3S.C4H11NO2/c1-3-4-5-6-7-8-9-10-11-14-17-22-23(20,21)19-16-13-12-15-18(19)2;6-3-1-5-2-4-7/h12-13,15-16H,3-11,14,17H2,1-2H3;5-7H,1-4H2. The van der Waals surface area contributed by atoms with E-state index < -0.39 is 10.1 Å². The van der Waals surface area contributed by atoms with Gasteiger partial charge in [-0.25, -0.2) is 0 Å². The van der Waals surface area contributed by atoms with Crippen LogP contribution in [-0.4, -0.2) is 51.5 Å². The summed E-state index contributed by atoms with van der Waals surface area (Å²) in [4.78, 5) is 0.284. The lowest BCUT2D eigenvalue weighted by atomic mass is 10.1. The van der Waals surface area contributed by atoms with Crippen molar-refractivity contribution in [2.24, 2.45) is 0 Å². The second-order valence-electron chi connectivity index (χ2n) is 7.42. The van der Waals surface area contributed by atoms with Crippen molar-refractivity contribution in [3.8, 4) is 0 Å². The second-order valence-corrected chi connectivity index (χ2v) is 9.00. The summed E-state index contributed by atoms with van der Waals surface area (Å²) in [6.07, 6.45) is 12.3. The Labute approximate surface area is 184 Å². The van der Waals surface area contributed by atoms with Crippen molar-refractivity contribution < 1.29 is 22.8 Å². The van der Waals surface area contributed by atoms with Crippen LogP contribution in [0.2, 0.25) is 0 Å². The fourth-order valence-corrected chi connectivity index (χ4v) is 4.11. The highest BCUT2D eigenvalue weighted by Gasteiger charge is 2.16. The first-order valence-corrected chi connectivity index (χ1v) is 12.8. The van der Waals surface area contributed by atoms with Crippen molar-refractivity contribution >= 4 is 10.1 Å². The first-order valence-electron chi connectivity index (χ1n) is 11.4. The van der Waals surface area contributed by atoms with Crippen LogP contribution in [0.25, 0.3) is 0 Å². The monoisotopic (exact) mass is 445 g/mol. The molecule has 0 aromatic heterocycles. The van der Waals surface area contributed by atoms with Crippen molar-refractivity contribution in [3.63, 3.8) is 0 Å². The number of nitrogens with one attached hydrogen (secondary N) is 1. The minimum atomic E-state index is -3.60. The maximum atomic E-state index is 12.1. The number of aliphatic hydroxyl groups is 2. The van der Waals surface area contributed by atoms with Crippen LogP contribution in [0.5, 0.6) is 0 Å². The normalized spacial score (nSPS) is 11.2. The van der Waals surface area contributed by atoms with Crippen LogP contribution < -0.4 is 5.32 Å².